The van der Waals surface area contributed by atoms with Crippen LogP contribution in [-0.4, -0.2) is 0 Å². The third-order valence-corrected chi connectivity index (χ3v) is 18.8. The van der Waals surface area contributed by atoms with Crippen LogP contribution < -0.4 is 4.90 Å². The molecule has 11 aromatic carbocycles. The van der Waals surface area contributed by atoms with E-state index in [9.17, 15) is 0 Å². The lowest BCUT2D eigenvalue weighted by Crippen LogP contribution is -2.29. The summed E-state index contributed by atoms with van der Waals surface area (Å²) < 4.78 is 0. The van der Waals surface area contributed by atoms with E-state index in [4.69, 9.17) is 0 Å². The van der Waals surface area contributed by atoms with Gasteiger partial charge in [0.05, 0.1) is 16.8 Å². The lowest BCUT2D eigenvalue weighted by molar-refractivity contribution is 0.588. The highest BCUT2D eigenvalue weighted by Gasteiger charge is 2.48. The molecule has 0 radical (unpaired) electrons. The van der Waals surface area contributed by atoms with E-state index in [1.807, 2.05) is 0 Å². The van der Waals surface area contributed by atoms with Crippen molar-refractivity contribution in [3.8, 4) is 55.6 Å². The van der Waals surface area contributed by atoms with E-state index in [0.29, 0.717) is 0 Å². The number of rotatable bonds is 8. The second-order valence-electron chi connectivity index (χ2n) is 25.7. The number of fused-ring (bicyclic) bond motifs is 9. The minimum atomic E-state index is -0.610. The second-order valence-corrected chi connectivity index (χ2v) is 25.7. The van der Waals surface area contributed by atoms with E-state index in [0.717, 1.165) is 17.1 Å². The number of benzene rings is 11. The molecule has 11 aromatic rings. The van der Waals surface area contributed by atoms with E-state index in [2.05, 4.69) is 322 Å². The van der Waals surface area contributed by atoms with Crippen LogP contribution in [0.15, 0.2) is 255 Å². The third-order valence-electron chi connectivity index (χ3n) is 18.8. The molecule has 1 unspecified atom stereocenters. The summed E-state index contributed by atoms with van der Waals surface area (Å²) in [5.41, 5.74) is 29.4. The number of nitrogens with zero attached hydrogens (tertiary/aromatic N) is 1. The van der Waals surface area contributed by atoms with Gasteiger partial charge < -0.3 is 4.90 Å². The predicted molar refractivity (Wildman–Crippen MR) is 342 cm³/mol. The lowest BCUT2D eigenvalue weighted by Gasteiger charge is -2.35. The molecular weight excluding hydrogens is 975 g/mol. The maximum absolute atomic E-state index is 2.58. The molecule has 0 aliphatic heterocycles. The van der Waals surface area contributed by atoms with Crippen LogP contribution in [0.5, 0.6) is 0 Å². The SMILES string of the molecule is CC(C)(C)c1ccc(C2(c3ccc(C(C)(C)C)cc3)c3ccccc3-c3c(N(c4ccc(-c5ccc6c(c5)C(C)(c5ccccc5)c5ccccc5-6)cc4)c4ccccc4-c4cccc5c4C(C)(C)c4ccccc4-5)cccc32)cc1. The van der Waals surface area contributed by atoms with Gasteiger partial charge in [-0.15, -0.1) is 0 Å². The molecule has 3 aliphatic rings. The van der Waals surface area contributed by atoms with E-state index >= 15 is 0 Å². The number of para-hydroxylation sites is 1. The Morgan fingerprint density at radius 3 is 1.40 bits per heavy atom. The summed E-state index contributed by atoms with van der Waals surface area (Å²) >= 11 is 0. The molecule has 394 valence electrons. The fourth-order valence-corrected chi connectivity index (χ4v) is 14.7. The Morgan fingerprint density at radius 1 is 0.309 bits per heavy atom. The van der Waals surface area contributed by atoms with Crippen LogP contribution in [0.1, 0.15) is 124 Å². The summed E-state index contributed by atoms with van der Waals surface area (Å²) in [6, 6.07) is 97.2. The molecule has 14 rings (SSSR count). The molecule has 0 N–H and O–H groups in total. The topological polar surface area (TPSA) is 3.24 Å². The molecule has 81 heavy (non-hydrogen) atoms. The van der Waals surface area contributed by atoms with Gasteiger partial charge in [0, 0.05) is 27.6 Å². The molecule has 0 saturated carbocycles. The van der Waals surface area contributed by atoms with Crippen LogP contribution in [0.25, 0.3) is 55.6 Å². The van der Waals surface area contributed by atoms with Crippen molar-refractivity contribution < 1.29 is 0 Å². The van der Waals surface area contributed by atoms with Gasteiger partial charge in [0.15, 0.2) is 0 Å². The van der Waals surface area contributed by atoms with Gasteiger partial charge in [0.2, 0.25) is 0 Å². The maximum Gasteiger partial charge on any atom is 0.0714 e. The largest absolute Gasteiger partial charge is 0.309 e. The smallest absolute Gasteiger partial charge is 0.0714 e. The summed E-state index contributed by atoms with van der Waals surface area (Å²) in [5, 5.41) is 0. The lowest BCUT2D eigenvalue weighted by atomic mass is 9.67. The van der Waals surface area contributed by atoms with Crippen LogP contribution in [0.3, 0.4) is 0 Å². The van der Waals surface area contributed by atoms with Crippen molar-refractivity contribution in [2.45, 2.75) is 89.4 Å². The molecule has 0 heterocycles. The summed E-state index contributed by atoms with van der Waals surface area (Å²) in [6.07, 6.45) is 0. The summed E-state index contributed by atoms with van der Waals surface area (Å²) in [4.78, 5) is 2.58. The van der Waals surface area contributed by atoms with Gasteiger partial charge in [-0.2, -0.15) is 0 Å². The monoisotopic (exact) mass is 1040 g/mol. The zero-order chi connectivity index (χ0) is 55.6. The standard InChI is InChI=1S/C80H69N/c1-76(2,3)54-40-44-57(45-41-54)80(58-46-42-55(43-47-58)77(4,5)6)69-33-19-15-28-66(69)74-70(80)34-22-36-73(74)81(72-35-20-16-27-63(72)65-30-21-29-64-61-26-13-17-31-67(61)78(7,8)75(64)65)59-48-37-52(38-49-59)53-39-50-62-60-25-14-18-32-68(60)79(9,71(62)51-53)56-23-11-10-12-24-56/h10-51H,1-9H3. The molecule has 1 atom stereocenters. The minimum absolute atomic E-state index is 0.00811. The average Bonchev–Trinajstić information content (AvgIpc) is 4.06. The van der Waals surface area contributed by atoms with Gasteiger partial charge >= 0.3 is 0 Å². The summed E-state index contributed by atoms with van der Waals surface area (Å²) in [7, 11) is 0. The Labute approximate surface area is 480 Å². The Bertz CT molecular complexity index is 4200. The van der Waals surface area contributed by atoms with Crippen molar-refractivity contribution >= 4 is 17.1 Å². The van der Waals surface area contributed by atoms with Gasteiger partial charge in [-0.25, -0.2) is 0 Å². The number of hydrogen-bond donors (Lipinski definition) is 0. The molecule has 0 fully saturated rings. The maximum atomic E-state index is 2.58. The summed E-state index contributed by atoms with van der Waals surface area (Å²) in [6.45, 7) is 21.1. The molecule has 1 heteroatoms. The molecule has 0 amide bonds. The van der Waals surface area contributed by atoms with Crippen LogP contribution >= 0.6 is 0 Å². The van der Waals surface area contributed by atoms with Crippen molar-refractivity contribution in [2.75, 3.05) is 4.90 Å². The van der Waals surface area contributed by atoms with Crippen LogP contribution in [0.2, 0.25) is 0 Å². The zero-order valence-electron chi connectivity index (χ0n) is 48.2. The van der Waals surface area contributed by atoms with Gasteiger partial charge in [-0.3, -0.25) is 0 Å². The van der Waals surface area contributed by atoms with Gasteiger partial charge in [-0.1, -0.05) is 280 Å². The second kappa shape index (κ2) is 18.4. The average molecular weight is 1040 g/mol. The Morgan fingerprint density at radius 2 is 0.765 bits per heavy atom. The van der Waals surface area contributed by atoms with Gasteiger partial charge in [-0.05, 0) is 154 Å². The summed E-state index contributed by atoms with van der Waals surface area (Å²) in [5.74, 6) is 0. The quantitative estimate of drug-likeness (QED) is 0.147. The normalized spacial score (nSPS) is 16.0. The van der Waals surface area contributed by atoms with E-state index in [1.165, 1.54) is 117 Å². The van der Waals surface area contributed by atoms with Crippen molar-refractivity contribution in [1.82, 2.24) is 0 Å². The van der Waals surface area contributed by atoms with Gasteiger partial charge in [0.1, 0.15) is 0 Å². The van der Waals surface area contributed by atoms with Crippen LogP contribution in [0.4, 0.5) is 17.1 Å². The molecule has 0 bridgehead atoms. The third kappa shape index (κ3) is 7.58. The van der Waals surface area contributed by atoms with Crippen LogP contribution in [-0.2, 0) is 27.1 Å². The highest BCUT2D eigenvalue weighted by molar-refractivity contribution is 6.01. The van der Waals surface area contributed by atoms with E-state index < -0.39 is 5.41 Å². The number of anilines is 3. The molecular formula is C80H69N. The van der Waals surface area contributed by atoms with Crippen molar-refractivity contribution in [3.63, 3.8) is 0 Å². The fourth-order valence-electron chi connectivity index (χ4n) is 14.7. The first-order valence-electron chi connectivity index (χ1n) is 29.1. The Hall–Kier alpha value is -8.78. The predicted octanol–water partition coefficient (Wildman–Crippen LogP) is 21.1. The van der Waals surface area contributed by atoms with Gasteiger partial charge in [0.25, 0.3) is 0 Å². The van der Waals surface area contributed by atoms with Crippen LogP contribution in [0, 0.1) is 0 Å². The van der Waals surface area contributed by atoms with Crippen molar-refractivity contribution in [3.05, 3.63) is 316 Å². The first kappa shape index (κ1) is 50.4. The first-order chi connectivity index (χ1) is 39.1. The molecule has 3 aliphatic carbocycles. The minimum Gasteiger partial charge on any atom is -0.309 e. The van der Waals surface area contributed by atoms with Crippen molar-refractivity contribution in [2.24, 2.45) is 0 Å². The Kier molecular flexibility index (Phi) is 11.4. The number of hydrogen-bond acceptors (Lipinski definition) is 1. The molecule has 0 spiro atoms. The molecule has 0 aromatic heterocycles. The first-order valence-corrected chi connectivity index (χ1v) is 29.1. The van der Waals surface area contributed by atoms with E-state index in [-0.39, 0.29) is 21.7 Å². The molecule has 0 saturated heterocycles. The zero-order valence-corrected chi connectivity index (χ0v) is 48.2. The fraction of sp³-hybridized carbons (Fsp3) is 0.175. The Balaban J connectivity index is 1.00. The van der Waals surface area contributed by atoms with Crippen molar-refractivity contribution in [1.29, 1.82) is 0 Å². The van der Waals surface area contributed by atoms with E-state index in [1.54, 1.807) is 0 Å². The molecule has 1 nitrogen and oxygen atoms in total. The highest BCUT2D eigenvalue weighted by Crippen LogP contribution is 2.61. The highest BCUT2D eigenvalue weighted by atomic mass is 15.1.